The van der Waals surface area contributed by atoms with Gasteiger partial charge in [0.15, 0.2) is 0 Å². The van der Waals surface area contributed by atoms with Crippen LogP contribution in [0.4, 0.5) is 11.5 Å². The first-order chi connectivity index (χ1) is 13.7. The van der Waals surface area contributed by atoms with E-state index in [2.05, 4.69) is 20.6 Å². The molecule has 4 rings (SSSR count). The highest BCUT2D eigenvalue weighted by Crippen LogP contribution is 2.19. The van der Waals surface area contributed by atoms with Gasteiger partial charge in [0.2, 0.25) is 5.91 Å². The van der Waals surface area contributed by atoms with E-state index in [0.29, 0.717) is 12.4 Å². The minimum atomic E-state index is -0.103. The molecule has 3 N–H and O–H groups in total. The fourth-order valence-corrected chi connectivity index (χ4v) is 3.25. The highest BCUT2D eigenvalue weighted by atomic mass is 35.5. The Morgan fingerprint density at radius 2 is 1.82 bits per heavy atom. The minimum absolute atomic E-state index is 0.103. The summed E-state index contributed by atoms with van der Waals surface area (Å²) in [7, 11) is 0. The Morgan fingerprint density at radius 3 is 2.64 bits per heavy atom. The van der Waals surface area contributed by atoms with Crippen molar-refractivity contribution in [2.75, 3.05) is 10.6 Å². The molecule has 0 saturated carbocycles. The Morgan fingerprint density at radius 1 is 1.00 bits per heavy atom. The van der Waals surface area contributed by atoms with Crippen LogP contribution in [0.25, 0.3) is 10.9 Å². The number of anilines is 2. The van der Waals surface area contributed by atoms with Crippen molar-refractivity contribution in [1.29, 1.82) is 0 Å². The van der Waals surface area contributed by atoms with Crippen molar-refractivity contribution < 1.29 is 4.79 Å². The van der Waals surface area contributed by atoms with Crippen molar-refractivity contribution in [2.24, 2.45) is 0 Å². The zero-order chi connectivity index (χ0) is 19.3. The molecule has 2 aromatic heterocycles. The van der Waals surface area contributed by atoms with Gasteiger partial charge in [0.1, 0.15) is 5.82 Å². The van der Waals surface area contributed by atoms with Gasteiger partial charge in [-0.3, -0.25) is 4.79 Å². The number of pyridine rings is 1. The number of nitrogens with zero attached hydrogens (tertiary/aromatic N) is 1. The molecule has 5 nitrogen and oxygen atoms in total. The lowest BCUT2D eigenvalue weighted by Gasteiger charge is -2.09. The molecule has 0 unspecified atom stereocenters. The van der Waals surface area contributed by atoms with Crippen molar-refractivity contribution in [3.8, 4) is 0 Å². The number of hydrogen-bond donors (Lipinski definition) is 3. The first kappa shape index (κ1) is 18.1. The Kier molecular flexibility index (Phi) is 5.26. The summed E-state index contributed by atoms with van der Waals surface area (Å²) in [5.74, 6) is 0.419. The summed E-state index contributed by atoms with van der Waals surface area (Å²) < 4.78 is 0. The second-order valence-corrected chi connectivity index (χ2v) is 6.87. The summed E-state index contributed by atoms with van der Waals surface area (Å²) in [6.07, 6.45) is 3.86. The van der Waals surface area contributed by atoms with Crippen molar-refractivity contribution in [3.63, 3.8) is 0 Å². The summed E-state index contributed by atoms with van der Waals surface area (Å²) in [6, 6.07) is 19.3. The van der Waals surface area contributed by atoms with Crippen LogP contribution in [0.1, 0.15) is 11.1 Å². The zero-order valence-corrected chi connectivity index (χ0v) is 15.8. The van der Waals surface area contributed by atoms with E-state index in [1.807, 2.05) is 60.8 Å². The fraction of sp³-hybridized carbons (Fsp3) is 0.0909. The first-order valence-corrected chi connectivity index (χ1v) is 9.35. The van der Waals surface area contributed by atoms with Crippen LogP contribution in [0.3, 0.4) is 0 Å². The van der Waals surface area contributed by atoms with Gasteiger partial charge in [-0.15, -0.1) is 0 Å². The molecule has 2 heterocycles. The number of halogens is 1. The number of carbonyl (C=O) groups is 1. The standard InChI is InChI=1S/C22H19ClN4O/c23-19-7-3-1-5-15(19)12-24-17-9-10-21(26-14-17)27-22(28)11-16-13-25-20-8-4-2-6-18(16)20/h1-10,13-14,24-25H,11-12H2,(H,26,27,28). The molecular formula is C22H19ClN4O. The Bertz CT molecular complexity index is 1100. The van der Waals surface area contributed by atoms with Gasteiger partial charge in [-0.25, -0.2) is 4.98 Å². The molecule has 140 valence electrons. The highest BCUT2D eigenvalue weighted by Gasteiger charge is 2.09. The lowest BCUT2D eigenvalue weighted by atomic mass is 10.1. The lowest BCUT2D eigenvalue weighted by Crippen LogP contribution is -2.15. The van der Waals surface area contributed by atoms with E-state index in [9.17, 15) is 4.79 Å². The summed E-state index contributed by atoms with van der Waals surface area (Å²) >= 11 is 6.16. The Hall–Kier alpha value is -3.31. The van der Waals surface area contributed by atoms with E-state index in [-0.39, 0.29) is 12.3 Å². The Labute approximate surface area is 167 Å². The summed E-state index contributed by atoms with van der Waals surface area (Å²) in [6.45, 7) is 0.605. The molecule has 4 aromatic rings. The van der Waals surface area contributed by atoms with Gasteiger partial charge in [0, 0.05) is 28.7 Å². The second-order valence-electron chi connectivity index (χ2n) is 6.46. The van der Waals surface area contributed by atoms with Gasteiger partial charge in [-0.2, -0.15) is 0 Å². The number of amides is 1. The molecule has 0 bridgehead atoms. The number of fused-ring (bicyclic) bond motifs is 1. The van der Waals surface area contributed by atoms with Gasteiger partial charge in [-0.1, -0.05) is 48.0 Å². The first-order valence-electron chi connectivity index (χ1n) is 8.97. The number of rotatable bonds is 6. The molecular weight excluding hydrogens is 372 g/mol. The molecule has 0 aliphatic rings. The molecule has 0 aliphatic carbocycles. The number of carbonyl (C=O) groups excluding carboxylic acids is 1. The van der Waals surface area contributed by atoms with Crippen LogP contribution >= 0.6 is 11.6 Å². The molecule has 0 spiro atoms. The van der Waals surface area contributed by atoms with Crippen LogP contribution in [0.5, 0.6) is 0 Å². The number of benzene rings is 2. The number of H-pyrrole nitrogens is 1. The molecule has 6 heteroatoms. The van der Waals surface area contributed by atoms with E-state index in [4.69, 9.17) is 11.6 Å². The third-order valence-corrected chi connectivity index (χ3v) is 4.87. The zero-order valence-electron chi connectivity index (χ0n) is 15.1. The molecule has 1 amide bonds. The summed E-state index contributed by atoms with van der Waals surface area (Å²) in [5.41, 5.74) is 3.86. The SMILES string of the molecule is O=C(Cc1c[nH]c2ccccc12)Nc1ccc(NCc2ccccc2Cl)cn1. The molecule has 2 aromatic carbocycles. The van der Waals surface area contributed by atoms with Gasteiger partial charge >= 0.3 is 0 Å². The quantitative estimate of drug-likeness (QED) is 0.433. The average Bonchev–Trinajstić information content (AvgIpc) is 3.11. The normalized spacial score (nSPS) is 10.8. The lowest BCUT2D eigenvalue weighted by molar-refractivity contribution is -0.115. The molecule has 0 saturated heterocycles. The van der Waals surface area contributed by atoms with E-state index in [1.165, 1.54) is 0 Å². The second kappa shape index (κ2) is 8.15. The largest absolute Gasteiger partial charge is 0.380 e. The maximum absolute atomic E-state index is 12.4. The van der Waals surface area contributed by atoms with Crippen LogP contribution in [-0.4, -0.2) is 15.9 Å². The van der Waals surface area contributed by atoms with Crippen LogP contribution in [0, 0.1) is 0 Å². The van der Waals surface area contributed by atoms with E-state index >= 15 is 0 Å². The van der Waals surface area contributed by atoms with E-state index < -0.39 is 0 Å². The van der Waals surface area contributed by atoms with Gasteiger partial charge in [0.05, 0.1) is 18.3 Å². The van der Waals surface area contributed by atoms with Crippen LogP contribution in [0.2, 0.25) is 5.02 Å². The maximum Gasteiger partial charge on any atom is 0.230 e. The van der Waals surface area contributed by atoms with Crippen LogP contribution in [0.15, 0.2) is 73.1 Å². The number of aromatic amines is 1. The number of aromatic nitrogens is 2. The van der Waals surface area contributed by atoms with E-state index in [1.54, 1.807) is 12.3 Å². The predicted molar refractivity (Wildman–Crippen MR) is 114 cm³/mol. The number of hydrogen-bond acceptors (Lipinski definition) is 3. The van der Waals surface area contributed by atoms with Crippen molar-refractivity contribution in [3.05, 3.63) is 89.2 Å². The Balaban J connectivity index is 1.35. The average molecular weight is 391 g/mol. The van der Waals surface area contributed by atoms with E-state index in [0.717, 1.165) is 32.7 Å². The van der Waals surface area contributed by atoms with Crippen LogP contribution in [-0.2, 0) is 17.8 Å². The molecule has 0 radical (unpaired) electrons. The minimum Gasteiger partial charge on any atom is -0.380 e. The molecule has 0 atom stereocenters. The topological polar surface area (TPSA) is 69.8 Å². The summed E-state index contributed by atoms with van der Waals surface area (Å²) in [5, 5.41) is 7.90. The molecule has 0 fully saturated rings. The van der Waals surface area contributed by atoms with Crippen molar-refractivity contribution in [1.82, 2.24) is 9.97 Å². The third-order valence-electron chi connectivity index (χ3n) is 4.50. The predicted octanol–water partition coefficient (Wildman–Crippen LogP) is 5.01. The molecule has 28 heavy (non-hydrogen) atoms. The monoisotopic (exact) mass is 390 g/mol. The maximum atomic E-state index is 12.4. The third kappa shape index (κ3) is 4.15. The highest BCUT2D eigenvalue weighted by molar-refractivity contribution is 6.31. The smallest absolute Gasteiger partial charge is 0.230 e. The van der Waals surface area contributed by atoms with Crippen molar-refractivity contribution in [2.45, 2.75) is 13.0 Å². The van der Waals surface area contributed by atoms with Crippen molar-refractivity contribution >= 4 is 39.9 Å². The number of para-hydroxylation sites is 1. The van der Waals surface area contributed by atoms with Gasteiger partial charge in [-0.05, 0) is 35.4 Å². The fourth-order valence-electron chi connectivity index (χ4n) is 3.05. The molecule has 0 aliphatic heterocycles. The van der Waals surface area contributed by atoms with Gasteiger partial charge < -0.3 is 15.6 Å². The summed E-state index contributed by atoms with van der Waals surface area (Å²) in [4.78, 5) is 19.9. The number of nitrogens with one attached hydrogen (secondary N) is 3. The van der Waals surface area contributed by atoms with Crippen LogP contribution < -0.4 is 10.6 Å². The van der Waals surface area contributed by atoms with Gasteiger partial charge in [0.25, 0.3) is 0 Å².